The van der Waals surface area contributed by atoms with Crippen LogP contribution in [-0.4, -0.2) is 18.3 Å². The first-order chi connectivity index (χ1) is 8.67. The minimum Gasteiger partial charge on any atom is -0.313 e. The number of benzene rings is 1. The van der Waals surface area contributed by atoms with Crippen LogP contribution in [0, 0.1) is 11.6 Å². The summed E-state index contributed by atoms with van der Waals surface area (Å²) in [4.78, 5) is 0.524. The summed E-state index contributed by atoms with van der Waals surface area (Å²) in [5.41, 5.74) is 0. The van der Waals surface area contributed by atoms with Crippen molar-refractivity contribution in [2.75, 3.05) is 12.3 Å². The largest absolute Gasteiger partial charge is 0.313 e. The number of halogens is 2. The Hall–Kier alpha value is -0.610. The molecule has 1 atom stereocenters. The van der Waals surface area contributed by atoms with Crippen LogP contribution in [0.4, 0.5) is 8.78 Å². The van der Waals surface area contributed by atoms with Crippen molar-refractivity contribution in [2.45, 2.75) is 44.0 Å². The number of hydrogen-bond donors (Lipinski definition) is 1. The molecule has 1 aromatic rings. The lowest BCUT2D eigenvalue weighted by molar-refractivity contribution is 0.514. The predicted octanol–water partition coefficient (Wildman–Crippen LogP) is 4.23. The molecule has 102 valence electrons. The highest BCUT2D eigenvalue weighted by molar-refractivity contribution is 7.99. The SMILES string of the molecule is CCCNC(CCC)CSc1ccc(F)cc1F. The zero-order valence-electron chi connectivity index (χ0n) is 11.0. The smallest absolute Gasteiger partial charge is 0.139 e. The van der Waals surface area contributed by atoms with Gasteiger partial charge in [0.1, 0.15) is 11.6 Å². The molecule has 0 saturated heterocycles. The van der Waals surface area contributed by atoms with E-state index in [9.17, 15) is 8.78 Å². The molecule has 0 saturated carbocycles. The maximum absolute atomic E-state index is 13.5. The molecule has 18 heavy (non-hydrogen) atoms. The van der Waals surface area contributed by atoms with E-state index in [1.165, 1.54) is 23.9 Å². The Balaban J connectivity index is 2.49. The van der Waals surface area contributed by atoms with Crippen LogP contribution in [0.3, 0.4) is 0 Å². The van der Waals surface area contributed by atoms with Gasteiger partial charge in [0, 0.05) is 22.8 Å². The van der Waals surface area contributed by atoms with E-state index in [0.29, 0.717) is 10.9 Å². The zero-order valence-corrected chi connectivity index (χ0v) is 11.8. The molecule has 0 fully saturated rings. The van der Waals surface area contributed by atoms with Crippen LogP contribution >= 0.6 is 11.8 Å². The molecule has 0 aliphatic carbocycles. The number of thioether (sulfide) groups is 1. The van der Waals surface area contributed by atoms with Crippen LogP contribution < -0.4 is 5.32 Å². The molecule has 4 heteroatoms. The van der Waals surface area contributed by atoms with Gasteiger partial charge in [-0.1, -0.05) is 20.3 Å². The molecule has 0 radical (unpaired) electrons. The van der Waals surface area contributed by atoms with Crippen LogP contribution in [0.2, 0.25) is 0 Å². The summed E-state index contributed by atoms with van der Waals surface area (Å²) in [5.74, 6) is -0.173. The maximum Gasteiger partial charge on any atom is 0.139 e. The van der Waals surface area contributed by atoms with E-state index in [0.717, 1.165) is 37.6 Å². The molecule has 1 rings (SSSR count). The van der Waals surface area contributed by atoms with E-state index in [1.807, 2.05) is 0 Å². The first-order valence-corrected chi connectivity index (χ1v) is 7.47. The van der Waals surface area contributed by atoms with E-state index in [-0.39, 0.29) is 0 Å². The Bertz CT molecular complexity index is 358. The summed E-state index contributed by atoms with van der Waals surface area (Å²) in [6.07, 6.45) is 3.28. The molecular weight excluding hydrogens is 252 g/mol. The molecule has 0 aliphatic rings. The van der Waals surface area contributed by atoms with Gasteiger partial charge in [-0.3, -0.25) is 0 Å². The third-order valence-electron chi connectivity index (χ3n) is 2.65. The second-order valence-corrected chi connectivity index (χ2v) is 5.39. The monoisotopic (exact) mass is 273 g/mol. The van der Waals surface area contributed by atoms with Crippen LogP contribution in [0.15, 0.2) is 23.1 Å². The summed E-state index contributed by atoms with van der Waals surface area (Å²) in [5, 5.41) is 3.45. The van der Waals surface area contributed by atoms with E-state index >= 15 is 0 Å². The van der Waals surface area contributed by atoms with Crippen molar-refractivity contribution in [3.63, 3.8) is 0 Å². The minimum absolute atomic E-state index is 0.393. The molecule has 0 aromatic heterocycles. The molecule has 0 aliphatic heterocycles. The maximum atomic E-state index is 13.5. The summed E-state index contributed by atoms with van der Waals surface area (Å²) in [6.45, 7) is 5.25. The van der Waals surface area contributed by atoms with Crippen molar-refractivity contribution >= 4 is 11.8 Å². The fourth-order valence-corrected chi connectivity index (χ4v) is 2.75. The first-order valence-electron chi connectivity index (χ1n) is 6.48. The van der Waals surface area contributed by atoms with Crippen LogP contribution in [0.1, 0.15) is 33.1 Å². The van der Waals surface area contributed by atoms with Gasteiger partial charge in [-0.25, -0.2) is 8.78 Å². The third kappa shape index (κ3) is 5.36. The second-order valence-electron chi connectivity index (χ2n) is 4.33. The van der Waals surface area contributed by atoms with Crippen LogP contribution in [0.5, 0.6) is 0 Å². The Kier molecular flexibility index (Phi) is 7.28. The molecule has 0 amide bonds. The highest BCUT2D eigenvalue weighted by Crippen LogP contribution is 2.23. The van der Waals surface area contributed by atoms with Gasteiger partial charge in [0.15, 0.2) is 0 Å². The molecule has 1 aromatic carbocycles. The fraction of sp³-hybridized carbons (Fsp3) is 0.571. The topological polar surface area (TPSA) is 12.0 Å². The molecule has 1 unspecified atom stereocenters. The third-order valence-corrected chi connectivity index (χ3v) is 3.87. The van der Waals surface area contributed by atoms with E-state index < -0.39 is 11.6 Å². The molecule has 0 heterocycles. The fourth-order valence-electron chi connectivity index (χ4n) is 1.72. The molecule has 1 nitrogen and oxygen atoms in total. The highest BCUT2D eigenvalue weighted by atomic mass is 32.2. The van der Waals surface area contributed by atoms with Crippen molar-refractivity contribution in [1.82, 2.24) is 5.32 Å². The summed E-state index contributed by atoms with van der Waals surface area (Å²) >= 11 is 1.45. The average Bonchev–Trinajstić information content (AvgIpc) is 2.34. The van der Waals surface area contributed by atoms with Crippen molar-refractivity contribution in [3.8, 4) is 0 Å². The lowest BCUT2D eigenvalue weighted by Crippen LogP contribution is -2.31. The zero-order chi connectivity index (χ0) is 13.4. The van der Waals surface area contributed by atoms with Crippen molar-refractivity contribution in [1.29, 1.82) is 0 Å². The van der Waals surface area contributed by atoms with Gasteiger partial charge in [0.05, 0.1) is 0 Å². The lowest BCUT2D eigenvalue weighted by Gasteiger charge is -2.17. The highest BCUT2D eigenvalue weighted by Gasteiger charge is 2.10. The quantitative estimate of drug-likeness (QED) is 0.712. The summed E-state index contributed by atoms with van der Waals surface area (Å²) in [7, 11) is 0. The lowest BCUT2D eigenvalue weighted by atomic mass is 10.2. The molecule has 0 bridgehead atoms. The van der Waals surface area contributed by atoms with E-state index in [4.69, 9.17) is 0 Å². The van der Waals surface area contributed by atoms with E-state index in [2.05, 4.69) is 19.2 Å². The Morgan fingerprint density at radius 1 is 1.22 bits per heavy atom. The Morgan fingerprint density at radius 2 is 2.00 bits per heavy atom. The molecular formula is C14H21F2NS. The summed E-state index contributed by atoms with van der Waals surface area (Å²) in [6, 6.07) is 4.15. The summed E-state index contributed by atoms with van der Waals surface area (Å²) < 4.78 is 26.2. The number of rotatable bonds is 8. The van der Waals surface area contributed by atoms with Gasteiger partial charge in [0.2, 0.25) is 0 Å². The van der Waals surface area contributed by atoms with Crippen LogP contribution in [0.25, 0.3) is 0 Å². The van der Waals surface area contributed by atoms with Gasteiger partial charge in [-0.05, 0) is 31.5 Å². The molecule has 1 N–H and O–H groups in total. The van der Waals surface area contributed by atoms with Crippen molar-refractivity contribution in [2.24, 2.45) is 0 Å². The van der Waals surface area contributed by atoms with Crippen LogP contribution in [-0.2, 0) is 0 Å². The predicted molar refractivity (Wildman–Crippen MR) is 74.1 cm³/mol. The van der Waals surface area contributed by atoms with Gasteiger partial charge >= 0.3 is 0 Å². The average molecular weight is 273 g/mol. The first kappa shape index (κ1) is 15.4. The van der Waals surface area contributed by atoms with Gasteiger partial charge < -0.3 is 5.32 Å². The van der Waals surface area contributed by atoms with Gasteiger partial charge in [-0.15, -0.1) is 11.8 Å². The van der Waals surface area contributed by atoms with E-state index in [1.54, 1.807) is 0 Å². The number of nitrogens with one attached hydrogen (secondary N) is 1. The van der Waals surface area contributed by atoms with Gasteiger partial charge in [-0.2, -0.15) is 0 Å². The number of hydrogen-bond acceptors (Lipinski definition) is 2. The Labute approximate surface area is 112 Å². The normalized spacial score (nSPS) is 12.7. The Morgan fingerprint density at radius 3 is 2.61 bits per heavy atom. The minimum atomic E-state index is -0.522. The standard InChI is InChI=1S/C14H21F2NS/c1-3-5-12(17-8-4-2)10-18-14-7-6-11(15)9-13(14)16/h6-7,9,12,17H,3-5,8,10H2,1-2H3. The van der Waals surface area contributed by atoms with Gasteiger partial charge in [0.25, 0.3) is 0 Å². The van der Waals surface area contributed by atoms with Crippen molar-refractivity contribution < 1.29 is 8.78 Å². The van der Waals surface area contributed by atoms with Crippen molar-refractivity contribution in [3.05, 3.63) is 29.8 Å². The molecule has 0 spiro atoms. The second kappa shape index (κ2) is 8.48.